The Morgan fingerprint density at radius 1 is 1.13 bits per heavy atom. The van der Waals surface area contributed by atoms with Gasteiger partial charge in [0.2, 0.25) is 0 Å². The van der Waals surface area contributed by atoms with Crippen LogP contribution in [0.4, 0.5) is 13.2 Å². The lowest BCUT2D eigenvalue weighted by molar-refractivity contribution is -0.137. The third kappa shape index (κ3) is 4.26. The topological polar surface area (TPSA) is 90.0 Å². The SMILES string of the molecule is CCN1C(=O)C(=CN2CCNCC2c2cccc(C(F)(F)F)c2)C(=O)N(CC)S1(=O)=O. The van der Waals surface area contributed by atoms with Crippen molar-refractivity contribution in [3.8, 4) is 0 Å². The number of alkyl halides is 3. The number of rotatable bonds is 4. The second-order valence-corrected chi connectivity index (χ2v) is 8.85. The van der Waals surface area contributed by atoms with Gasteiger partial charge in [-0.1, -0.05) is 12.1 Å². The van der Waals surface area contributed by atoms with E-state index in [0.717, 1.165) is 12.1 Å². The van der Waals surface area contributed by atoms with E-state index in [2.05, 4.69) is 5.32 Å². The number of piperazine rings is 1. The molecule has 0 spiro atoms. The van der Waals surface area contributed by atoms with Gasteiger partial charge < -0.3 is 10.2 Å². The smallest absolute Gasteiger partial charge is 0.367 e. The minimum Gasteiger partial charge on any atom is -0.367 e. The van der Waals surface area contributed by atoms with Crippen LogP contribution in [0, 0.1) is 0 Å². The van der Waals surface area contributed by atoms with Crippen molar-refractivity contribution in [3.05, 3.63) is 47.2 Å². The maximum atomic E-state index is 13.1. The molecule has 12 heteroatoms. The number of likely N-dealkylation sites (N-methyl/N-ethyl adjacent to an activating group) is 2. The van der Waals surface area contributed by atoms with Crippen molar-refractivity contribution in [1.29, 1.82) is 0 Å². The Balaban J connectivity index is 2.02. The van der Waals surface area contributed by atoms with Gasteiger partial charge in [0.25, 0.3) is 11.8 Å². The molecule has 0 saturated carbocycles. The van der Waals surface area contributed by atoms with Crippen LogP contribution in [0.2, 0.25) is 0 Å². The molecule has 31 heavy (non-hydrogen) atoms. The predicted molar refractivity (Wildman–Crippen MR) is 106 cm³/mol. The first-order valence-electron chi connectivity index (χ1n) is 9.76. The highest BCUT2D eigenvalue weighted by molar-refractivity contribution is 7.88. The van der Waals surface area contributed by atoms with E-state index in [0.29, 0.717) is 33.8 Å². The van der Waals surface area contributed by atoms with Crippen LogP contribution in [0.1, 0.15) is 31.0 Å². The Hall–Kier alpha value is -2.60. The fourth-order valence-corrected chi connectivity index (χ4v) is 5.19. The van der Waals surface area contributed by atoms with Crippen LogP contribution in [0.25, 0.3) is 0 Å². The third-order valence-electron chi connectivity index (χ3n) is 5.22. The molecule has 170 valence electrons. The molecule has 2 saturated heterocycles. The van der Waals surface area contributed by atoms with Gasteiger partial charge in [0.1, 0.15) is 5.57 Å². The third-order valence-corrected chi connectivity index (χ3v) is 7.19. The van der Waals surface area contributed by atoms with Crippen molar-refractivity contribution in [3.63, 3.8) is 0 Å². The van der Waals surface area contributed by atoms with Crippen LogP contribution in [0.15, 0.2) is 36.0 Å². The average molecular weight is 460 g/mol. The van der Waals surface area contributed by atoms with Crippen molar-refractivity contribution in [1.82, 2.24) is 18.8 Å². The summed E-state index contributed by atoms with van der Waals surface area (Å²) >= 11 is 0. The van der Waals surface area contributed by atoms with Gasteiger partial charge >= 0.3 is 16.4 Å². The fourth-order valence-electron chi connectivity index (χ4n) is 3.68. The summed E-state index contributed by atoms with van der Waals surface area (Å²) < 4.78 is 65.7. The lowest BCUT2D eigenvalue weighted by Crippen LogP contribution is -2.56. The molecule has 1 unspecified atom stereocenters. The summed E-state index contributed by atoms with van der Waals surface area (Å²) in [5, 5.41) is 3.10. The van der Waals surface area contributed by atoms with Crippen molar-refractivity contribution in [2.75, 3.05) is 32.7 Å². The Morgan fingerprint density at radius 2 is 1.74 bits per heavy atom. The molecule has 0 bridgehead atoms. The molecular formula is C19H23F3N4O4S. The Bertz CT molecular complexity index is 978. The lowest BCUT2D eigenvalue weighted by atomic mass is 10.0. The van der Waals surface area contributed by atoms with Crippen molar-refractivity contribution < 1.29 is 31.2 Å². The Kier molecular flexibility index (Phi) is 6.33. The first kappa shape index (κ1) is 23.1. The van der Waals surface area contributed by atoms with Gasteiger partial charge in [-0.25, -0.2) is 8.61 Å². The average Bonchev–Trinajstić information content (AvgIpc) is 2.71. The van der Waals surface area contributed by atoms with Crippen molar-refractivity contribution in [2.45, 2.75) is 26.1 Å². The zero-order valence-electron chi connectivity index (χ0n) is 17.0. The molecule has 2 heterocycles. The molecule has 1 atom stereocenters. The number of amides is 2. The number of nitrogens with one attached hydrogen (secondary N) is 1. The molecule has 3 rings (SSSR count). The zero-order chi connectivity index (χ0) is 23.0. The minimum absolute atomic E-state index is 0.152. The molecule has 1 aromatic carbocycles. The van der Waals surface area contributed by atoms with Crippen LogP contribution in [0.3, 0.4) is 0 Å². The van der Waals surface area contributed by atoms with E-state index in [1.165, 1.54) is 26.1 Å². The molecule has 2 aliphatic heterocycles. The number of halogens is 3. The zero-order valence-corrected chi connectivity index (χ0v) is 17.8. The molecule has 1 aromatic rings. The van der Waals surface area contributed by atoms with Crippen LogP contribution >= 0.6 is 0 Å². The number of nitrogens with zero attached hydrogens (tertiary/aromatic N) is 3. The summed E-state index contributed by atoms with van der Waals surface area (Å²) in [6, 6.07) is 4.28. The maximum Gasteiger partial charge on any atom is 0.416 e. The molecule has 1 N–H and O–H groups in total. The molecule has 2 aliphatic rings. The van der Waals surface area contributed by atoms with Crippen LogP contribution in [-0.4, -0.2) is 66.5 Å². The molecule has 2 amide bonds. The van der Waals surface area contributed by atoms with Gasteiger partial charge in [-0.2, -0.15) is 21.6 Å². The number of benzene rings is 1. The second-order valence-electron chi connectivity index (χ2n) is 7.07. The quantitative estimate of drug-likeness (QED) is 0.541. The van der Waals surface area contributed by atoms with Gasteiger partial charge in [0.05, 0.1) is 11.6 Å². The van der Waals surface area contributed by atoms with Gasteiger partial charge in [0, 0.05) is 38.9 Å². The summed E-state index contributed by atoms with van der Waals surface area (Å²) in [4.78, 5) is 27.2. The molecule has 0 aliphatic carbocycles. The highest BCUT2D eigenvalue weighted by Gasteiger charge is 2.45. The fraction of sp³-hybridized carbons (Fsp3) is 0.474. The monoisotopic (exact) mass is 460 g/mol. The molecule has 0 aromatic heterocycles. The molecule has 8 nitrogen and oxygen atoms in total. The minimum atomic E-state index is -4.51. The summed E-state index contributed by atoms with van der Waals surface area (Å²) in [6.45, 7) is 3.74. The molecule has 2 fully saturated rings. The van der Waals surface area contributed by atoms with Crippen molar-refractivity contribution >= 4 is 22.0 Å². The molecular weight excluding hydrogens is 437 g/mol. The van der Waals surface area contributed by atoms with Gasteiger partial charge in [-0.15, -0.1) is 0 Å². The Morgan fingerprint density at radius 3 is 2.29 bits per heavy atom. The summed E-state index contributed by atoms with van der Waals surface area (Å²) in [7, 11) is -4.25. The van der Waals surface area contributed by atoms with Crippen LogP contribution in [0.5, 0.6) is 0 Å². The summed E-state index contributed by atoms with van der Waals surface area (Å²) in [5.41, 5.74) is -0.771. The van der Waals surface area contributed by atoms with E-state index in [4.69, 9.17) is 0 Å². The van der Waals surface area contributed by atoms with Gasteiger partial charge in [-0.3, -0.25) is 9.59 Å². The first-order valence-corrected chi connectivity index (χ1v) is 11.2. The predicted octanol–water partition coefficient (Wildman–Crippen LogP) is 1.49. The number of carbonyl (C=O) groups excluding carboxylic acids is 2. The summed E-state index contributed by atoms with van der Waals surface area (Å²) in [5.74, 6) is -1.89. The van der Waals surface area contributed by atoms with E-state index in [1.807, 2.05) is 0 Å². The van der Waals surface area contributed by atoms with Gasteiger partial charge in [-0.05, 0) is 31.5 Å². The van der Waals surface area contributed by atoms with Gasteiger partial charge in [0.15, 0.2) is 0 Å². The highest BCUT2D eigenvalue weighted by atomic mass is 32.2. The highest BCUT2D eigenvalue weighted by Crippen LogP contribution is 2.33. The number of hydrogen-bond donors (Lipinski definition) is 1. The number of carbonyl (C=O) groups is 2. The second kappa shape index (κ2) is 8.50. The lowest BCUT2D eigenvalue weighted by Gasteiger charge is -2.38. The Labute approximate surface area is 178 Å². The summed E-state index contributed by atoms with van der Waals surface area (Å²) in [6.07, 6.45) is -3.23. The maximum absolute atomic E-state index is 13.1. The van der Waals surface area contributed by atoms with E-state index < -0.39 is 39.8 Å². The molecule has 0 radical (unpaired) electrons. The van der Waals surface area contributed by atoms with Crippen LogP contribution < -0.4 is 5.32 Å². The first-order chi connectivity index (χ1) is 14.5. The van der Waals surface area contributed by atoms with E-state index in [9.17, 15) is 31.2 Å². The van der Waals surface area contributed by atoms with E-state index >= 15 is 0 Å². The largest absolute Gasteiger partial charge is 0.416 e. The van der Waals surface area contributed by atoms with Crippen molar-refractivity contribution in [2.24, 2.45) is 0 Å². The van der Waals surface area contributed by atoms with Crippen LogP contribution in [-0.2, 0) is 26.0 Å². The normalized spacial score (nSPS) is 22.2. The standard InChI is InChI=1S/C19H23F3N4O4S/c1-3-25-17(27)15(18(28)26(4-2)31(25,29)30)12-24-9-8-23-11-16(24)13-6-5-7-14(10-13)19(20,21)22/h5-7,10,12,16,23H,3-4,8-9,11H2,1-2H3. The van der Waals surface area contributed by atoms with E-state index in [-0.39, 0.29) is 18.7 Å². The van der Waals surface area contributed by atoms with E-state index in [1.54, 1.807) is 11.0 Å². The number of hydrogen-bond acceptors (Lipinski definition) is 6.